The number of rotatable bonds is 5. The molecule has 1 aromatic heterocycles. The summed E-state index contributed by atoms with van der Waals surface area (Å²) in [4.78, 5) is 4.13. The second-order valence-corrected chi connectivity index (χ2v) is 3.75. The average Bonchev–Trinajstić information content (AvgIpc) is 2.26. The molecule has 84 valence electrons. The minimum atomic E-state index is -0.378. The second kappa shape index (κ2) is 5.56. The number of anilines is 1. The summed E-state index contributed by atoms with van der Waals surface area (Å²) < 4.78 is 5.13. The lowest BCUT2D eigenvalue weighted by molar-refractivity contribution is 0.138. The molecular formula is C11H18N2O2. The minimum absolute atomic E-state index is 0.229. The maximum atomic E-state index is 9.62. The van der Waals surface area contributed by atoms with Crippen molar-refractivity contribution in [1.29, 1.82) is 0 Å². The van der Waals surface area contributed by atoms with Crippen LogP contribution >= 0.6 is 0 Å². The van der Waals surface area contributed by atoms with Gasteiger partial charge in [-0.15, -0.1) is 0 Å². The van der Waals surface area contributed by atoms with E-state index in [2.05, 4.69) is 10.3 Å². The Morgan fingerprint density at radius 1 is 1.53 bits per heavy atom. The number of nitrogens with zero attached hydrogens (tertiary/aromatic N) is 1. The number of hydrogen-bond acceptors (Lipinski definition) is 4. The van der Waals surface area contributed by atoms with Gasteiger partial charge >= 0.3 is 0 Å². The van der Waals surface area contributed by atoms with Crippen LogP contribution in [-0.2, 0) is 0 Å². The Hall–Kier alpha value is -1.29. The normalized spacial score (nSPS) is 12.6. The molecular weight excluding hydrogens is 192 g/mol. The lowest BCUT2D eigenvalue weighted by Crippen LogP contribution is -2.25. The van der Waals surface area contributed by atoms with E-state index in [0.717, 1.165) is 0 Å². The molecule has 0 aliphatic carbocycles. The van der Waals surface area contributed by atoms with E-state index in [1.54, 1.807) is 13.3 Å². The number of ether oxygens (including phenoxy) is 1. The van der Waals surface area contributed by atoms with Crippen LogP contribution in [0.15, 0.2) is 18.3 Å². The van der Waals surface area contributed by atoms with Crippen LogP contribution in [0.25, 0.3) is 0 Å². The number of pyridine rings is 1. The van der Waals surface area contributed by atoms with E-state index in [0.29, 0.717) is 18.1 Å². The fourth-order valence-corrected chi connectivity index (χ4v) is 1.12. The van der Waals surface area contributed by atoms with E-state index in [1.807, 2.05) is 26.0 Å². The van der Waals surface area contributed by atoms with Gasteiger partial charge in [-0.25, -0.2) is 4.98 Å². The van der Waals surface area contributed by atoms with Gasteiger partial charge in [-0.2, -0.15) is 0 Å². The standard InChI is InChI=1S/C11H18N2O2/c1-8(2)9(14)7-13-11-10(15-3)5-4-6-12-11/h4-6,8-9,14H,7H2,1-3H3,(H,12,13). The lowest BCUT2D eigenvalue weighted by Gasteiger charge is -2.16. The number of aliphatic hydroxyl groups excluding tert-OH is 1. The van der Waals surface area contributed by atoms with Gasteiger partial charge in [0.1, 0.15) is 0 Å². The van der Waals surface area contributed by atoms with Gasteiger partial charge < -0.3 is 15.2 Å². The van der Waals surface area contributed by atoms with Crippen molar-refractivity contribution in [3.63, 3.8) is 0 Å². The van der Waals surface area contributed by atoms with Crippen molar-refractivity contribution in [2.75, 3.05) is 19.0 Å². The van der Waals surface area contributed by atoms with Crippen LogP contribution < -0.4 is 10.1 Å². The van der Waals surface area contributed by atoms with Crippen molar-refractivity contribution in [1.82, 2.24) is 4.98 Å². The molecule has 0 amide bonds. The Balaban J connectivity index is 2.57. The van der Waals surface area contributed by atoms with Gasteiger partial charge in [0, 0.05) is 12.7 Å². The fraction of sp³-hybridized carbons (Fsp3) is 0.545. The van der Waals surface area contributed by atoms with Crippen molar-refractivity contribution in [3.05, 3.63) is 18.3 Å². The third kappa shape index (κ3) is 3.40. The molecule has 0 saturated carbocycles. The van der Waals surface area contributed by atoms with Crippen LogP contribution in [0.2, 0.25) is 0 Å². The Labute approximate surface area is 90.3 Å². The zero-order chi connectivity index (χ0) is 11.3. The predicted octanol–water partition coefficient (Wildman–Crippen LogP) is 1.52. The highest BCUT2D eigenvalue weighted by Gasteiger charge is 2.10. The molecule has 0 aromatic carbocycles. The molecule has 0 saturated heterocycles. The quantitative estimate of drug-likeness (QED) is 0.773. The molecule has 0 bridgehead atoms. The number of methoxy groups -OCH3 is 1. The van der Waals surface area contributed by atoms with Gasteiger partial charge in [0.2, 0.25) is 0 Å². The van der Waals surface area contributed by atoms with Crippen LogP contribution in [0, 0.1) is 5.92 Å². The van der Waals surface area contributed by atoms with Crippen LogP contribution in [-0.4, -0.2) is 29.8 Å². The van der Waals surface area contributed by atoms with Gasteiger partial charge in [0.05, 0.1) is 13.2 Å². The van der Waals surface area contributed by atoms with Crippen molar-refractivity contribution in [2.24, 2.45) is 5.92 Å². The molecule has 0 radical (unpaired) electrons. The summed E-state index contributed by atoms with van der Waals surface area (Å²) >= 11 is 0. The molecule has 0 aliphatic heterocycles. The summed E-state index contributed by atoms with van der Waals surface area (Å²) in [5, 5.41) is 12.7. The molecule has 0 aliphatic rings. The van der Waals surface area contributed by atoms with E-state index in [9.17, 15) is 5.11 Å². The van der Waals surface area contributed by atoms with Crippen molar-refractivity contribution in [2.45, 2.75) is 20.0 Å². The van der Waals surface area contributed by atoms with Gasteiger partial charge in [0.25, 0.3) is 0 Å². The SMILES string of the molecule is COc1cccnc1NCC(O)C(C)C. The summed E-state index contributed by atoms with van der Waals surface area (Å²) in [7, 11) is 1.60. The monoisotopic (exact) mass is 210 g/mol. The maximum Gasteiger partial charge on any atom is 0.168 e. The van der Waals surface area contributed by atoms with Gasteiger partial charge in [-0.3, -0.25) is 0 Å². The molecule has 1 aromatic rings. The highest BCUT2D eigenvalue weighted by Crippen LogP contribution is 2.19. The van der Waals surface area contributed by atoms with Crippen LogP contribution in [0.4, 0.5) is 5.82 Å². The smallest absolute Gasteiger partial charge is 0.168 e. The predicted molar refractivity (Wildman–Crippen MR) is 60.1 cm³/mol. The van der Waals surface area contributed by atoms with Crippen molar-refractivity contribution >= 4 is 5.82 Å². The van der Waals surface area contributed by atoms with Gasteiger partial charge in [0.15, 0.2) is 11.6 Å². The number of aliphatic hydroxyl groups is 1. The van der Waals surface area contributed by atoms with Crippen molar-refractivity contribution in [3.8, 4) is 5.75 Å². The summed E-state index contributed by atoms with van der Waals surface area (Å²) in [6.07, 6.45) is 1.31. The second-order valence-electron chi connectivity index (χ2n) is 3.75. The van der Waals surface area contributed by atoms with E-state index >= 15 is 0 Å². The number of nitrogens with one attached hydrogen (secondary N) is 1. The summed E-state index contributed by atoms with van der Waals surface area (Å²) in [6, 6.07) is 3.64. The molecule has 4 heteroatoms. The largest absolute Gasteiger partial charge is 0.493 e. The molecule has 0 fully saturated rings. The topological polar surface area (TPSA) is 54.4 Å². The highest BCUT2D eigenvalue weighted by molar-refractivity contribution is 5.49. The third-order valence-corrected chi connectivity index (χ3v) is 2.24. The first-order valence-corrected chi connectivity index (χ1v) is 5.06. The van der Waals surface area contributed by atoms with Crippen LogP contribution in [0.5, 0.6) is 5.75 Å². The van der Waals surface area contributed by atoms with Crippen LogP contribution in [0.1, 0.15) is 13.8 Å². The highest BCUT2D eigenvalue weighted by atomic mass is 16.5. The molecule has 15 heavy (non-hydrogen) atoms. The first kappa shape index (κ1) is 11.8. The van der Waals surface area contributed by atoms with Gasteiger partial charge in [-0.05, 0) is 18.1 Å². The Kier molecular flexibility index (Phi) is 4.37. The molecule has 1 unspecified atom stereocenters. The average molecular weight is 210 g/mol. The summed E-state index contributed by atoms with van der Waals surface area (Å²) in [6.45, 7) is 4.43. The Morgan fingerprint density at radius 2 is 2.27 bits per heavy atom. The molecule has 0 spiro atoms. The van der Waals surface area contributed by atoms with E-state index < -0.39 is 0 Å². The first-order valence-electron chi connectivity index (χ1n) is 5.06. The Morgan fingerprint density at radius 3 is 2.87 bits per heavy atom. The number of aromatic nitrogens is 1. The third-order valence-electron chi connectivity index (χ3n) is 2.24. The Bertz CT molecular complexity index is 302. The van der Waals surface area contributed by atoms with E-state index in [4.69, 9.17) is 4.74 Å². The maximum absolute atomic E-state index is 9.62. The zero-order valence-electron chi connectivity index (χ0n) is 9.40. The van der Waals surface area contributed by atoms with E-state index in [1.165, 1.54) is 0 Å². The molecule has 2 N–H and O–H groups in total. The summed E-state index contributed by atoms with van der Waals surface area (Å²) in [5.41, 5.74) is 0. The molecule has 1 heterocycles. The first-order chi connectivity index (χ1) is 7.15. The summed E-state index contributed by atoms with van der Waals surface area (Å²) in [5.74, 6) is 1.58. The minimum Gasteiger partial charge on any atom is -0.493 e. The van der Waals surface area contributed by atoms with E-state index in [-0.39, 0.29) is 12.0 Å². The number of hydrogen-bond donors (Lipinski definition) is 2. The van der Waals surface area contributed by atoms with Crippen LogP contribution in [0.3, 0.4) is 0 Å². The van der Waals surface area contributed by atoms with Crippen molar-refractivity contribution < 1.29 is 9.84 Å². The molecule has 1 rings (SSSR count). The molecule has 1 atom stereocenters. The lowest BCUT2D eigenvalue weighted by atomic mass is 10.1. The van der Waals surface area contributed by atoms with Gasteiger partial charge in [-0.1, -0.05) is 13.8 Å². The molecule has 4 nitrogen and oxygen atoms in total. The zero-order valence-corrected chi connectivity index (χ0v) is 9.40. The fourth-order valence-electron chi connectivity index (χ4n) is 1.12.